The van der Waals surface area contributed by atoms with E-state index in [2.05, 4.69) is 15.3 Å². The molecule has 24 heavy (non-hydrogen) atoms. The SMILES string of the molecule is CC(C)(C)OC(=O)NCCC=Cc1cnc2[nH]cc([N+](=O)[O-])c2c1. The average molecular weight is 332 g/mol. The molecule has 0 radical (unpaired) electrons. The lowest BCUT2D eigenvalue weighted by Crippen LogP contribution is -2.32. The van der Waals surface area contributed by atoms with Gasteiger partial charge in [-0.15, -0.1) is 0 Å². The van der Waals surface area contributed by atoms with E-state index in [1.165, 1.54) is 6.20 Å². The fraction of sp³-hybridized carbons (Fsp3) is 0.375. The van der Waals surface area contributed by atoms with E-state index in [0.717, 1.165) is 5.56 Å². The first-order valence-corrected chi connectivity index (χ1v) is 7.51. The van der Waals surface area contributed by atoms with Gasteiger partial charge in [-0.3, -0.25) is 10.1 Å². The minimum absolute atomic E-state index is 0.000609. The Morgan fingerprint density at radius 1 is 1.50 bits per heavy atom. The molecule has 0 atom stereocenters. The van der Waals surface area contributed by atoms with Gasteiger partial charge in [0.05, 0.1) is 16.5 Å². The summed E-state index contributed by atoms with van der Waals surface area (Å²) in [6.45, 7) is 5.84. The van der Waals surface area contributed by atoms with E-state index in [1.54, 1.807) is 39.1 Å². The fourth-order valence-corrected chi connectivity index (χ4v) is 2.04. The molecule has 0 unspecified atom stereocenters. The monoisotopic (exact) mass is 332 g/mol. The topological polar surface area (TPSA) is 110 Å². The maximum Gasteiger partial charge on any atom is 0.407 e. The highest BCUT2D eigenvalue weighted by Gasteiger charge is 2.15. The van der Waals surface area contributed by atoms with E-state index in [1.807, 2.05) is 6.08 Å². The van der Waals surface area contributed by atoms with Crippen LogP contribution in [0.5, 0.6) is 0 Å². The zero-order valence-electron chi connectivity index (χ0n) is 13.8. The van der Waals surface area contributed by atoms with Crippen LogP contribution < -0.4 is 5.32 Å². The Labute approximate surface area is 139 Å². The van der Waals surface area contributed by atoms with Crippen LogP contribution in [0.3, 0.4) is 0 Å². The predicted octanol–water partition coefficient (Wildman–Crippen LogP) is 3.40. The number of amides is 1. The van der Waals surface area contributed by atoms with Crippen LogP contribution in [0.2, 0.25) is 0 Å². The van der Waals surface area contributed by atoms with E-state index in [4.69, 9.17) is 4.74 Å². The second kappa shape index (κ2) is 7.12. The normalized spacial score (nSPS) is 11.8. The minimum Gasteiger partial charge on any atom is -0.444 e. The van der Waals surface area contributed by atoms with Crippen molar-refractivity contribution in [2.75, 3.05) is 6.54 Å². The number of hydrogen-bond acceptors (Lipinski definition) is 5. The van der Waals surface area contributed by atoms with Crippen LogP contribution in [0, 0.1) is 10.1 Å². The van der Waals surface area contributed by atoms with E-state index in [0.29, 0.717) is 24.0 Å². The molecule has 0 aliphatic carbocycles. The maximum atomic E-state index is 11.5. The van der Waals surface area contributed by atoms with Crippen molar-refractivity contribution in [3.63, 3.8) is 0 Å². The van der Waals surface area contributed by atoms with E-state index >= 15 is 0 Å². The number of carbonyl (C=O) groups is 1. The first-order valence-electron chi connectivity index (χ1n) is 7.51. The lowest BCUT2D eigenvalue weighted by molar-refractivity contribution is -0.383. The van der Waals surface area contributed by atoms with Crippen molar-refractivity contribution in [1.82, 2.24) is 15.3 Å². The van der Waals surface area contributed by atoms with Crippen LogP contribution in [-0.2, 0) is 4.74 Å². The summed E-state index contributed by atoms with van der Waals surface area (Å²) in [5.41, 5.74) is 0.707. The predicted molar refractivity (Wildman–Crippen MR) is 90.6 cm³/mol. The van der Waals surface area contributed by atoms with E-state index in [9.17, 15) is 14.9 Å². The zero-order chi connectivity index (χ0) is 17.7. The highest BCUT2D eigenvalue weighted by Crippen LogP contribution is 2.24. The molecule has 128 valence electrons. The van der Waals surface area contributed by atoms with Crippen LogP contribution >= 0.6 is 0 Å². The van der Waals surface area contributed by atoms with Gasteiger partial charge in [0.2, 0.25) is 0 Å². The van der Waals surface area contributed by atoms with Gasteiger partial charge in [0.1, 0.15) is 11.2 Å². The molecule has 0 aliphatic rings. The van der Waals surface area contributed by atoms with Gasteiger partial charge in [0.15, 0.2) is 0 Å². The number of pyridine rings is 1. The van der Waals surface area contributed by atoms with Gasteiger partial charge in [-0.2, -0.15) is 0 Å². The number of nitrogens with zero attached hydrogens (tertiary/aromatic N) is 2. The number of ether oxygens (including phenoxy) is 1. The summed E-state index contributed by atoms with van der Waals surface area (Å²) in [7, 11) is 0. The molecule has 2 heterocycles. The maximum absolute atomic E-state index is 11.5. The molecule has 2 rings (SSSR count). The van der Waals surface area contributed by atoms with Crippen molar-refractivity contribution >= 4 is 28.9 Å². The molecule has 1 amide bonds. The largest absolute Gasteiger partial charge is 0.444 e. The number of nitrogens with one attached hydrogen (secondary N) is 2. The molecule has 8 nitrogen and oxygen atoms in total. The van der Waals surface area contributed by atoms with Crippen molar-refractivity contribution in [1.29, 1.82) is 0 Å². The number of carbonyl (C=O) groups excluding carboxylic acids is 1. The zero-order valence-corrected chi connectivity index (χ0v) is 13.8. The number of H-pyrrole nitrogens is 1. The summed E-state index contributed by atoms with van der Waals surface area (Å²) in [5.74, 6) is 0. The minimum atomic E-state index is -0.522. The Bertz CT molecular complexity index is 774. The van der Waals surface area contributed by atoms with Gasteiger partial charge in [-0.1, -0.05) is 12.2 Å². The second-order valence-corrected chi connectivity index (χ2v) is 6.22. The summed E-state index contributed by atoms with van der Waals surface area (Å²) in [6, 6.07) is 1.70. The molecule has 2 N–H and O–H groups in total. The van der Waals surface area contributed by atoms with Crippen LogP contribution in [-0.4, -0.2) is 33.1 Å². The Morgan fingerprint density at radius 3 is 2.92 bits per heavy atom. The van der Waals surface area contributed by atoms with Crippen LogP contribution in [0.1, 0.15) is 32.8 Å². The molecule has 0 saturated heterocycles. The molecule has 2 aromatic heterocycles. The van der Waals surface area contributed by atoms with E-state index in [-0.39, 0.29) is 5.69 Å². The van der Waals surface area contributed by atoms with Gasteiger partial charge >= 0.3 is 6.09 Å². The molecule has 0 fully saturated rings. The third kappa shape index (κ3) is 4.80. The highest BCUT2D eigenvalue weighted by molar-refractivity contribution is 5.87. The van der Waals surface area contributed by atoms with Crippen molar-refractivity contribution in [2.45, 2.75) is 32.8 Å². The summed E-state index contributed by atoms with van der Waals surface area (Å²) in [5, 5.41) is 14.1. The molecule has 0 spiro atoms. The van der Waals surface area contributed by atoms with Gasteiger partial charge in [-0.25, -0.2) is 9.78 Å². The molecular weight excluding hydrogens is 312 g/mol. The molecule has 8 heteroatoms. The van der Waals surface area contributed by atoms with Gasteiger partial charge in [-0.05, 0) is 38.8 Å². The smallest absolute Gasteiger partial charge is 0.407 e. The Kier molecular flexibility index (Phi) is 5.18. The van der Waals surface area contributed by atoms with Gasteiger partial charge in [0.25, 0.3) is 5.69 Å². The van der Waals surface area contributed by atoms with Crippen molar-refractivity contribution in [3.05, 3.63) is 40.2 Å². The van der Waals surface area contributed by atoms with Gasteiger partial charge in [0, 0.05) is 12.7 Å². The molecule has 0 saturated carbocycles. The third-order valence-electron chi connectivity index (χ3n) is 3.02. The van der Waals surface area contributed by atoms with Crippen molar-refractivity contribution in [2.24, 2.45) is 0 Å². The number of aromatic nitrogens is 2. The number of alkyl carbamates (subject to hydrolysis) is 1. The summed E-state index contributed by atoms with van der Waals surface area (Å²) in [6.07, 6.45) is 6.77. The van der Waals surface area contributed by atoms with E-state index < -0.39 is 16.6 Å². The molecule has 0 aromatic carbocycles. The summed E-state index contributed by atoms with van der Waals surface area (Å²) >= 11 is 0. The molecule has 2 aromatic rings. The number of hydrogen-bond donors (Lipinski definition) is 2. The Morgan fingerprint density at radius 2 is 2.25 bits per heavy atom. The number of fused-ring (bicyclic) bond motifs is 1. The summed E-state index contributed by atoms with van der Waals surface area (Å²) < 4.78 is 5.13. The highest BCUT2D eigenvalue weighted by atomic mass is 16.6. The van der Waals surface area contributed by atoms with Crippen molar-refractivity contribution < 1.29 is 14.5 Å². The standard InChI is InChI=1S/C16H20N4O4/c1-16(2,3)24-15(21)17-7-5-4-6-11-8-12-13(20(22)23)10-19-14(12)18-9-11/h4,6,8-10H,5,7H2,1-3H3,(H,17,21)(H,18,19). The lowest BCUT2D eigenvalue weighted by Gasteiger charge is -2.19. The molecule has 0 aliphatic heterocycles. The molecular formula is C16H20N4O4. The second-order valence-electron chi connectivity index (χ2n) is 6.22. The first kappa shape index (κ1) is 17.5. The number of rotatable bonds is 5. The number of nitro groups is 1. The van der Waals surface area contributed by atoms with Crippen LogP contribution in [0.25, 0.3) is 17.1 Å². The van der Waals surface area contributed by atoms with Gasteiger partial charge < -0.3 is 15.0 Å². The Hall–Kier alpha value is -2.90. The quantitative estimate of drug-likeness (QED) is 0.495. The average Bonchev–Trinajstić information content (AvgIpc) is 2.88. The van der Waals surface area contributed by atoms with Crippen LogP contribution in [0.4, 0.5) is 10.5 Å². The molecule has 0 bridgehead atoms. The Balaban J connectivity index is 1.90. The fourth-order valence-electron chi connectivity index (χ4n) is 2.04. The van der Waals surface area contributed by atoms with Crippen LogP contribution in [0.15, 0.2) is 24.5 Å². The third-order valence-corrected chi connectivity index (χ3v) is 3.02. The lowest BCUT2D eigenvalue weighted by atomic mass is 10.2. The first-order chi connectivity index (χ1) is 11.3. The van der Waals surface area contributed by atoms with Crippen molar-refractivity contribution in [3.8, 4) is 0 Å². The summed E-state index contributed by atoms with van der Waals surface area (Å²) in [4.78, 5) is 28.9. The number of aromatic amines is 1.